The summed E-state index contributed by atoms with van der Waals surface area (Å²) in [6.45, 7) is 11.6. The van der Waals surface area contributed by atoms with Crippen LogP contribution in [0.2, 0.25) is 0 Å². The van der Waals surface area contributed by atoms with E-state index in [-0.39, 0.29) is 5.54 Å². The lowest BCUT2D eigenvalue weighted by Gasteiger charge is -2.37. The van der Waals surface area contributed by atoms with Crippen LogP contribution in [0.15, 0.2) is 24.3 Å². The van der Waals surface area contributed by atoms with Gasteiger partial charge in [0.25, 0.3) is 0 Å². The molecular weight excluding hydrogens is 208 g/mol. The molecule has 0 bridgehead atoms. The van der Waals surface area contributed by atoms with Crippen LogP contribution in [-0.2, 0) is 6.54 Å². The Bertz CT molecular complexity index is 327. The SMILES string of the molecule is CCCN(Cc1ccc(C)cc1)C(C)(C)CN. The summed E-state index contributed by atoms with van der Waals surface area (Å²) in [5.41, 5.74) is 8.62. The van der Waals surface area contributed by atoms with Gasteiger partial charge in [-0.2, -0.15) is 0 Å². The van der Waals surface area contributed by atoms with Gasteiger partial charge < -0.3 is 5.73 Å². The van der Waals surface area contributed by atoms with Crippen molar-refractivity contribution >= 4 is 0 Å². The van der Waals surface area contributed by atoms with Gasteiger partial charge in [-0.1, -0.05) is 36.8 Å². The number of hydrogen-bond acceptors (Lipinski definition) is 2. The average Bonchev–Trinajstić information content (AvgIpc) is 2.31. The van der Waals surface area contributed by atoms with Crippen molar-refractivity contribution < 1.29 is 0 Å². The molecule has 0 radical (unpaired) electrons. The lowest BCUT2D eigenvalue weighted by molar-refractivity contribution is 0.118. The van der Waals surface area contributed by atoms with Crippen LogP contribution in [0.3, 0.4) is 0 Å². The van der Waals surface area contributed by atoms with Gasteiger partial charge in [-0.15, -0.1) is 0 Å². The molecule has 0 atom stereocenters. The van der Waals surface area contributed by atoms with Crippen molar-refractivity contribution in [1.82, 2.24) is 4.90 Å². The van der Waals surface area contributed by atoms with Gasteiger partial charge in [-0.25, -0.2) is 0 Å². The molecule has 2 nitrogen and oxygen atoms in total. The molecule has 0 aliphatic carbocycles. The highest BCUT2D eigenvalue weighted by atomic mass is 15.2. The van der Waals surface area contributed by atoms with Gasteiger partial charge in [0.05, 0.1) is 0 Å². The molecule has 96 valence electrons. The summed E-state index contributed by atoms with van der Waals surface area (Å²) in [6.07, 6.45) is 1.16. The van der Waals surface area contributed by atoms with Crippen molar-refractivity contribution in [1.29, 1.82) is 0 Å². The first-order valence-corrected chi connectivity index (χ1v) is 6.50. The fourth-order valence-corrected chi connectivity index (χ4v) is 1.91. The molecule has 0 spiro atoms. The highest BCUT2D eigenvalue weighted by Gasteiger charge is 2.24. The summed E-state index contributed by atoms with van der Waals surface area (Å²) < 4.78 is 0. The van der Waals surface area contributed by atoms with Gasteiger partial charge in [0.1, 0.15) is 0 Å². The zero-order valence-electron chi connectivity index (χ0n) is 11.7. The Labute approximate surface area is 106 Å². The smallest absolute Gasteiger partial charge is 0.0278 e. The van der Waals surface area contributed by atoms with Crippen LogP contribution < -0.4 is 5.73 Å². The summed E-state index contributed by atoms with van der Waals surface area (Å²) in [5, 5.41) is 0. The Morgan fingerprint density at radius 1 is 1.18 bits per heavy atom. The second-order valence-corrected chi connectivity index (χ2v) is 5.42. The number of nitrogens with two attached hydrogens (primary N) is 1. The van der Waals surface area contributed by atoms with E-state index in [0.29, 0.717) is 6.54 Å². The van der Waals surface area contributed by atoms with E-state index in [1.54, 1.807) is 0 Å². The number of rotatable bonds is 6. The summed E-state index contributed by atoms with van der Waals surface area (Å²) in [7, 11) is 0. The van der Waals surface area contributed by atoms with Crippen LogP contribution in [-0.4, -0.2) is 23.5 Å². The highest BCUT2D eigenvalue weighted by Crippen LogP contribution is 2.17. The molecule has 0 aliphatic heterocycles. The van der Waals surface area contributed by atoms with E-state index < -0.39 is 0 Å². The van der Waals surface area contributed by atoms with Crippen LogP contribution in [0.5, 0.6) is 0 Å². The predicted octanol–water partition coefficient (Wildman–Crippen LogP) is 2.94. The molecule has 1 aromatic carbocycles. The minimum absolute atomic E-state index is 0.0703. The van der Waals surface area contributed by atoms with Gasteiger partial charge in [-0.3, -0.25) is 4.90 Å². The van der Waals surface area contributed by atoms with E-state index in [9.17, 15) is 0 Å². The maximum Gasteiger partial charge on any atom is 0.0278 e. The molecular formula is C15H26N2. The number of benzene rings is 1. The minimum Gasteiger partial charge on any atom is -0.329 e. The van der Waals surface area contributed by atoms with E-state index in [2.05, 4.69) is 56.9 Å². The van der Waals surface area contributed by atoms with Gasteiger partial charge in [0.2, 0.25) is 0 Å². The molecule has 0 aromatic heterocycles. The molecule has 0 unspecified atom stereocenters. The standard InChI is InChI=1S/C15H26N2/c1-5-10-17(15(3,4)12-16)11-14-8-6-13(2)7-9-14/h6-9H,5,10-12,16H2,1-4H3. The van der Waals surface area contributed by atoms with Crippen LogP contribution in [0.1, 0.15) is 38.3 Å². The Morgan fingerprint density at radius 2 is 1.76 bits per heavy atom. The predicted molar refractivity (Wildman–Crippen MR) is 75.0 cm³/mol. The number of aryl methyl sites for hydroxylation is 1. The zero-order valence-corrected chi connectivity index (χ0v) is 11.7. The van der Waals surface area contributed by atoms with Crippen molar-refractivity contribution in [2.24, 2.45) is 5.73 Å². The Hall–Kier alpha value is -0.860. The molecule has 2 heteroatoms. The van der Waals surface area contributed by atoms with Crippen LogP contribution in [0.4, 0.5) is 0 Å². The fourth-order valence-electron chi connectivity index (χ4n) is 1.91. The molecule has 0 amide bonds. The van der Waals surface area contributed by atoms with Crippen LogP contribution >= 0.6 is 0 Å². The molecule has 1 aromatic rings. The van der Waals surface area contributed by atoms with Gasteiger partial charge in [-0.05, 0) is 39.3 Å². The third-order valence-corrected chi connectivity index (χ3v) is 3.34. The van der Waals surface area contributed by atoms with Crippen LogP contribution in [0.25, 0.3) is 0 Å². The maximum absolute atomic E-state index is 5.87. The van der Waals surface area contributed by atoms with E-state index in [4.69, 9.17) is 5.73 Å². The van der Waals surface area contributed by atoms with E-state index >= 15 is 0 Å². The summed E-state index contributed by atoms with van der Waals surface area (Å²) in [4.78, 5) is 2.47. The highest BCUT2D eigenvalue weighted by molar-refractivity contribution is 5.21. The maximum atomic E-state index is 5.87. The van der Waals surface area contributed by atoms with Crippen molar-refractivity contribution in [3.8, 4) is 0 Å². The first-order chi connectivity index (χ1) is 7.99. The molecule has 0 aliphatic rings. The first-order valence-electron chi connectivity index (χ1n) is 6.50. The molecule has 0 fully saturated rings. The zero-order chi connectivity index (χ0) is 12.9. The average molecular weight is 234 g/mol. The molecule has 0 heterocycles. The Balaban J connectivity index is 2.76. The van der Waals surface area contributed by atoms with E-state index in [0.717, 1.165) is 19.5 Å². The van der Waals surface area contributed by atoms with Crippen molar-refractivity contribution in [2.45, 2.75) is 46.2 Å². The van der Waals surface area contributed by atoms with E-state index in [1.807, 2.05) is 0 Å². The molecule has 1 rings (SSSR count). The molecule has 0 saturated carbocycles. The van der Waals surface area contributed by atoms with Crippen molar-refractivity contribution in [3.63, 3.8) is 0 Å². The molecule has 0 saturated heterocycles. The third-order valence-electron chi connectivity index (χ3n) is 3.34. The summed E-state index contributed by atoms with van der Waals surface area (Å²) >= 11 is 0. The summed E-state index contributed by atoms with van der Waals surface area (Å²) in [5.74, 6) is 0. The molecule has 17 heavy (non-hydrogen) atoms. The Kier molecular flexibility index (Phi) is 5.16. The lowest BCUT2D eigenvalue weighted by Crippen LogP contribution is -2.49. The lowest BCUT2D eigenvalue weighted by atomic mass is 10.0. The number of nitrogens with zero attached hydrogens (tertiary/aromatic N) is 1. The van der Waals surface area contributed by atoms with Crippen molar-refractivity contribution in [3.05, 3.63) is 35.4 Å². The van der Waals surface area contributed by atoms with Crippen molar-refractivity contribution in [2.75, 3.05) is 13.1 Å². The first kappa shape index (κ1) is 14.2. The van der Waals surface area contributed by atoms with Crippen LogP contribution in [0, 0.1) is 6.92 Å². The topological polar surface area (TPSA) is 29.3 Å². The largest absolute Gasteiger partial charge is 0.329 e. The second-order valence-electron chi connectivity index (χ2n) is 5.42. The Morgan fingerprint density at radius 3 is 2.24 bits per heavy atom. The fraction of sp³-hybridized carbons (Fsp3) is 0.600. The number of hydrogen-bond donors (Lipinski definition) is 1. The van der Waals surface area contributed by atoms with Gasteiger partial charge in [0, 0.05) is 18.6 Å². The minimum atomic E-state index is 0.0703. The monoisotopic (exact) mass is 234 g/mol. The quantitative estimate of drug-likeness (QED) is 0.820. The van der Waals surface area contributed by atoms with Gasteiger partial charge in [0.15, 0.2) is 0 Å². The van der Waals surface area contributed by atoms with Gasteiger partial charge >= 0.3 is 0 Å². The summed E-state index contributed by atoms with van der Waals surface area (Å²) in [6, 6.07) is 8.78. The molecule has 2 N–H and O–H groups in total. The van der Waals surface area contributed by atoms with E-state index in [1.165, 1.54) is 11.1 Å². The second kappa shape index (κ2) is 6.18. The normalized spacial score (nSPS) is 12.1. The third kappa shape index (κ3) is 4.14.